The molecule has 0 spiro atoms. The van der Waals surface area contributed by atoms with Gasteiger partial charge in [0.2, 0.25) is 10.0 Å². The van der Waals surface area contributed by atoms with Crippen molar-refractivity contribution in [3.8, 4) is 0 Å². The molecule has 2 aliphatic heterocycles. The number of nitrogens with zero attached hydrogens (tertiary/aromatic N) is 2. The normalized spacial score (nSPS) is 16.3. The van der Waals surface area contributed by atoms with Crippen LogP contribution in [-0.4, -0.2) is 74.9 Å². The number of carbonyl (C=O) groups is 1. The smallest absolute Gasteiger partial charge is 0.258 e. The first-order valence-electron chi connectivity index (χ1n) is 13.3. The highest BCUT2D eigenvalue weighted by Crippen LogP contribution is 2.30. The number of anilines is 3. The third-order valence-electron chi connectivity index (χ3n) is 7.08. The topological polar surface area (TPSA) is 138 Å². The number of sulfonamides is 1. The second-order valence-electron chi connectivity index (χ2n) is 9.89. The van der Waals surface area contributed by atoms with Crippen LogP contribution in [0, 0.1) is 11.6 Å². The summed E-state index contributed by atoms with van der Waals surface area (Å²) in [7, 11) is -2.58. The second kappa shape index (κ2) is 12.5. The van der Waals surface area contributed by atoms with Crippen LogP contribution in [0.5, 0.6) is 0 Å². The van der Waals surface area contributed by atoms with Gasteiger partial charge in [0.1, 0.15) is 11.6 Å². The Morgan fingerprint density at radius 3 is 2.66 bits per heavy atom. The summed E-state index contributed by atoms with van der Waals surface area (Å²) in [5.41, 5.74) is 3.01. The molecule has 0 bridgehead atoms. The van der Waals surface area contributed by atoms with Crippen LogP contribution < -0.4 is 16.0 Å². The minimum Gasteiger partial charge on any atom is -0.383 e. The van der Waals surface area contributed by atoms with Gasteiger partial charge in [-0.15, -0.1) is 0 Å². The van der Waals surface area contributed by atoms with E-state index >= 15 is 0 Å². The number of benzene rings is 2. The zero-order valence-corrected chi connectivity index (χ0v) is 23.3. The fourth-order valence-corrected chi connectivity index (χ4v) is 6.36. The summed E-state index contributed by atoms with van der Waals surface area (Å²) in [5, 5.41) is 16.7. The number of nitrogens with one attached hydrogen (secondary N) is 4. The lowest BCUT2D eigenvalue weighted by atomic mass is 10.1. The number of amides is 1. The van der Waals surface area contributed by atoms with Gasteiger partial charge >= 0.3 is 0 Å². The van der Waals surface area contributed by atoms with Crippen LogP contribution in [0.2, 0.25) is 0 Å². The largest absolute Gasteiger partial charge is 0.383 e. The predicted octanol–water partition coefficient (Wildman–Crippen LogP) is 3.34. The van der Waals surface area contributed by atoms with Crippen LogP contribution >= 0.6 is 0 Å². The highest BCUT2D eigenvalue weighted by Gasteiger charge is 2.32. The standard InChI is InChI=1S/C27H32F2N6O5S/c1-39-11-7-30-20-2-3-22(25(15-20)31-19-5-9-40-10-6-19)27(36)32-26-23-16-35(8-4-24(23)33-34-26)41(37,38)21-13-17(28)12-18(29)14-21/h2-3,12-15,19,30-31H,4-11,16H2,1H3,(H2,32,33,34,36). The summed E-state index contributed by atoms with van der Waals surface area (Å²) in [4.78, 5) is 13.0. The molecular formula is C27H32F2N6O5S. The number of rotatable bonds is 10. The van der Waals surface area contributed by atoms with Crippen molar-refractivity contribution in [1.82, 2.24) is 14.5 Å². The van der Waals surface area contributed by atoms with Crippen LogP contribution in [0.3, 0.4) is 0 Å². The maximum absolute atomic E-state index is 13.8. The summed E-state index contributed by atoms with van der Waals surface area (Å²) in [6, 6.07) is 7.69. The number of hydrogen-bond donors (Lipinski definition) is 4. The van der Waals surface area contributed by atoms with Crippen LogP contribution in [0.4, 0.5) is 26.0 Å². The lowest BCUT2D eigenvalue weighted by Crippen LogP contribution is -2.36. The summed E-state index contributed by atoms with van der Waals surface area (Å²) in [6.45, 7) is 2.34. The fourth-order valence-electron chi connectivity index (χ4n) is 4.91. The van der Waals surface area contributed by atoms with Crippen LogP contribution in [0.25, 0.3) is 0 Å². The molecule has 1 saturated heterocycles. The van der Waals surface area contributed by atoms with E-state index in [4.69, 9.17) is 9.47 Å². The zero-order chi connectivity index (χ0) is 29.0. The third kappa shape index (κ3) is 6.67. The fraction of sp³-hybridized carbons (Fsp3) is 0.407. The van der Waals surface area contributed by atoms with Gasteiger partial charge in [-0.1, -0.05) is 0 Å². The monoisotopic (exact) mass is 590 g/mol. The Morgan fingerprint density at radius 2 is 1.93 bits per heavy atom. The van der Waals surface area contributed by atoms with Gasteiger partial charge in [0.25, 0.3) is 5.91 Å². The van der Waals surface area contributed by atoms with Gasteiger partial charge in [-0.05, 0) is 43.2 Å². The maximum atomic E-state index is 13.8. The van der Waals surface area contributed by atoms with E-state index < -0.39 is 32.5 Å². The molecule has 1 amide bonds. The third-order valence-corrected chi connectivity index (χ3v) is 8.91. The molecule has 1 fully saturated rings. The van der Waals surface area contributed by atoms with Gasteiger partial charge in [-0.3, -0.25) is 9.89 Å². The van der Waals surface area contributed by atoms with Crippen molar-refractivity contribution in [1.29, 1.82) is 0 Å². The number of carbonyl (C=O) groups excluding carboxylic acids is 1. The minimum atomic E-state index is -4.20. The predicted molar refractivity (Wildman–Crippen MR) is 148 cm³/mol. The molecule has 0 radical (unpaired) electrons. The van der Waals surface area contributed by atoms with Crippen molar-refractivity contribution in [3.05, 3.63) is 64.9 Å². The van der Waals surface area contributed by atoms with E-state index in [0.717, 1.165) is 35.0 Å². The lowest BCUT2D eigenvalue weighted by Gasteiger charge is -2.27. The molecule has 3 heterocycles. The van der Waals surface area contributed by atoms with E-state index in [9.17, 15) is 22.0 Å². The molecule has 2 aliphatic rings. The molecule has 4 N–H and O–H groups in total. The first-order valence-corrected chi connectivity index (χ1v) is 14.7. The molecule has 1 aromatic heterocycles. The molecule has 0 unspecified atom stereocenters. The van der Waals surface area contributed by atoms with E-state index in [0.29, 0.717) is 54.9 Å². The maximum Gasteiger partial charge on any atom is 0.258 e. The number of methoxy groups -OCH3 is 1. The Bertz CT molecular complexity index is 1490. The van der Waals surface area contributed by atoms with Crippen LogP contribution in [-0.2, 0) is 32.5 Å². The molecule has 41 heavy (non-hydrogen) atoms. The molecule has 14 heteroatoms. The molecular weight excluding hydrogens is 558 g/mol. The van der Waals surface area contributed by atoms with Gasteiger partial charge in [0, 0.05) is 81.1 Å². The van der Waals surface area contributed by atoms with Gasteiger partial charge in [0.05, 0.1) is 17.1 Å². The van der Waals surface area contributed by atoms with Crippen molar-refractivity contribution >= 4 is 33.1 Å². The Hall–Kier alpha value is -3.59. The number of halogens is 2. The highest BCUT2D eigenvalue weighted by atomic mass is 32.2. The van der Waals surface area contributed by atoms with E-state index in [1.54, 1.807) is 19.2 Å². The number of hydrogen-bond acceptors (Lipinski definition) is 8. The first-order chi connectivity index (χ1) is 19.7. The average molecular weight is 591 g/mol. The van der Waals surface area contributed by atoms with Gasteiger partial charge in [0.15, 0.2) is 5.82 Å². The Balaban J connectivity index is 1.36. The van der Waals surface area contributed by atoms with Gasteiger partial charge in [-0.25, -0.2) is 17.2 Å². The summed E-state index contributed by atoms with van der Waals surface area (Å²) in [6.07, 6.45) is 1.89. The highest BCUT2D eigenvalue weighted by molar-refractivity contribution is 7.89. The number of aromatic amines is 1. The first kappa shape index (κ1) is 28.9. The van der Waals surface area contributed by atoms with Crippen molar-refractivity contribution < 1.29 is 31.5 Å². The molecule has 0 saturated carbocycles. The number of ether oxygens (including phenoxy) is 2. The van der Waals surface area contributed by atoms with Gasteiger partial charge < -0.3 is 25.4 Å². The summed E-state index contributed by atoms with van der Waals surface area (Å²) < 4.78 is 65.6. The van der Waals surface area contributed by atoms with E-state index in [-0.39, 0.29) is 31.4 Å². The van der Waals surface area contributed by atoms with Crippen LogP contribution in [0.15, 0.2) is 41.3 Å². The minimum absolute atomic E-state index is 0.0831. The van der Waals surface area contributed by atoms with E-state index in [1.807, 2.05) is 6.07 Å². The van der Waals surface area contributed by atoms with E-state index in [1.165, 1.54) is 0 Å². The number of aromatic nitrogens is 2. The molecule has 3 aromatic rings. The summed E-state index contributed by atoms with van der Waals surface area (Å²) in [5.74, 6) is -2.20. The Morgan fingerprint density at radius 1 is 1.17 bits per heavy atom. The van der Waals surface area contributed by atoms with Crippen molar-refractivity contribution in [3.63, 3.8) is 0 Å². The quantitative estimate of drug-likeness (QED) is 0.264. The Labute approximate surface area is 236 Å². The molecule has 220 valence electrons. The molecule has 2 aromatic carbocycles. The van der Waals surface area contributed by atoms with E-state index in [2.05, 4.69) is 26.1 Å². The second-order valence-corrected chi connectivity index (χ2v) is 11.8. The molecule has 5 rings (SSSR count). The van der Waals surface area contributed by atoms with Crippen molar-refractivity contribution in [2.24, 2.45) is 0 Å². The lowest BCUT2D eigenvalue weighted by molar-refractivity contribution is 0.0904. The molecule has 11 nitrogen and oxygen atoms in total. The number of H-pyrrole nitrogens is 1. The number of fused-ring (bicyclic) bond motifs is 1. The molecule has 0 aliphatic carbocycles. The Kier molecular flexibility index (Phi) is 8.82. The zero-order valence-electron chi connectivity index (χ0n) is 22.5. The summed E-state index contributed by atoms with van der Waals surface area (Å²) >= 11 is 0. The SMILES string of the molecule is COCCNc1ccc(C(=O)Nc2n[nH]c3c2CN(S(=O)(=O)c2cc(F)cc(F)c2)CC3)c(NC2CCOCC2)c1. The van der Waals surface area contributed by atoms with Crippen LogP contribution in [0.1, 0.15) is 34.5 Å². The van der Waals surface area contributed by atoms with Crippen molar-refractivity contribution in [2.45, 2.75) is 36.7 Å². The average Bonchev–Trinajstić information content (AvgIpc) is 3.35. The molecule has 0 atom stereocenters. The van der Waals surface area contributed by atoms with Gasteiger partial charge in [-0.2, -0.15) is 9.40 Å². The van der Waals surface area contributed by atoms with Crippen molar-refractivity contribution in [2.75, 3.05) is 56.0 Å².